The summed E-state index contributed by atoms with van der Waals surface area (Å²) in [6.45, 7) is 3.42. The Morgan fingerprint density at radius 2 is 1.79 bits per heavy atom. The van der Waals surface area contributed by atoms with E-state index in [2.05, 4.69) is 10.4 Å². The van der Waals surface area contributed by atoms with Crippen molar-refractivity contribution < 1.29 is 14.0 Å². The molecule has 3 heterocycles. The fraction of sp³-hybridized carbons (Fsp3) is 0.192. The summed E-state index contributed by atoms with van der Waals surface area (Å²) in [5, 5.41) is 7.59. The summed E-state index contributed by atoms with van der Waals surface area (Å²) in [6, 6.07) is 20.2. The second kappa shape index (κ2) is 9.61. The Morgan fingerprint density at radius 1 is 1.00 bits per heavy atom. The first-order valence-corrected chi connectivity index (χ1v) is 12.2. The van der Waals surface area contributed by atoms with Crippen LogP contribution in [0.25, 0.3) is 17.1 Å². The maximum Gasteiger partial charge on any atom is 0.274 e. The molecule has 34 heavy (non-hydrogen) atoms. The number of nitrogens with zero attached hydrogens (tertiary/aromatic N) is 3. The summed E-state index contributed by atoms with van der Waals surface area (Å²) >= 11 is 1.87. The highest BCUT2D eigenvalue weighted by Gasteiger charge is 2.21. The first kappa shape index (κ1) is 22.0. The number of carbonyl (C=O) groups is 2. The minimum Gasteiger partial charge on any atom is -0.463 e. The number of para-hydroxylation sites is 1. The number of thioether (sulfide) groups is 1. The van der Waals surface area contributed by atoms with E-state index in [4.69, 9.17) is 4.42 Å². The molecule has 0 bridgehead atoms. The SMILES string of the molecule is Cc1cc(C(=O)N2CCSCC2)ccc1NC(=O)c1cc(-c2ccco2)nn1-c1ccccc1. The normalized spacial score (nSPS) is 13.6. The lowest BCUT2D eigenvalue weighted by Gasteiger charge is -2.26. The van der Waals surface area contributed by atoms with Crippen LogP contribution in [-0.4, -0.2) is 51.1 Å². The molecular weight excluding hydrogens is 448 g/mol. The third-order valence-electron chi connectivity index (χ3n) is 5.74. The number of aryl methyl sites for hydroxylation is 1. The van der Waals surface area contributed by atoms with Crippen molar-refractivity contribution >= 4 is 29.3 Å². The van der Waals surface area contributed by atoms with Gasteiger partial charge in [-0.3, -0.25) is 9.59 Å². The number of anilines is 1. The lowest BCUT2D eigenvalue weighted by Crippen LogP contribution is -2.37. The number of benzene rings is 2. The number of aromatic nitrogens is 2. The van der Waals surface area contributed by atoms with E-state index in [1.165, 1.54) is 0 Å². The maximum absolute atomic E-state index is 13.3. The first-order valence-electron chi connectivity index (χ1n) is 11.1. The maximum atomic E-state index is 13.3. The van der Waals surface area contributed by atoms with Crippen LogP contribution < -0.4 is 5.32 Å². The minimum absolute atomic E-state index is 0.0338. The van der Waals surface area contributed by atoms with Gasteiger partial charge in [0, 0.05) is 41.9 Å². The molecule has 1 aliphatic heterocycles. The quantitative estimate of drug-likeness (QED) is 0.448. The number of rotatable bonds is 5. The van der Waals surface area contributed by atoms with E-state index in [0.717, 1.165) is 35.8 Å². The van der Waals surface area contributed by atoms with Crippen molar-refractivity contribution in [2.45, 2.75) is 6.92 Å². The summed E-state index contributed by atoms with van der Waals surface area (Å²) in [6.07, 6.45) is 1.57. The molecule has 0 unspecified atom stereocenters. The van der Waals surface area contributed by atoms with E-state index in [1.54, 1.807) is 41.3 Å². The van der Waals surface area contributed by atoms with E-state index in [-0.39, 0.29) is 11.8 Å². The number of hydrogen-bond acceptors (Lipinski definition) is 5. The van der Waals surface area contributed by atoms with E-state index >= 15 is 0 Å². The van der Waals surface area contributed by atoms with Gasteiger partial charge in [0.25, 0.3) is 11.8 Å². The standard InChI is InChI=1S/C26H24N4O3S/c1-18-16-19(26(32)29-11-14-34-15-12-29)9-10-21(18)27-25(31)23-17-22(24-8-5-13-33-24)28-30(23)20-6-3-2-4-7-20/h2-10,13,16-17H,11-12,14-15H2,1H3,(H,27,31). The molecule has 1 saturated heterocycles. The topological polar surface area (TPSA) is 80.4 Å². The average Bonchev–Trinajstić information content (AvgIpc) is 3.56. The molecule has 5 rings (SSSR count). The summed E-state index contributed by atoms with van der Waals surface area (Å²) in [4.78, 5) is 28.0. The molecule has 172 valence electrons. The molecule has 0 aliphatic carbocycles. The third-order valence-corrected chi connectivity index (χ3v) is 6.68. The second-order valence-corrected chi connectivity index (χ2v) is 9.25. The first-order chi connectivity index (χ1) is 16.6. The second-order valence-electron chi connectivity index (χ2n) is 8.03. The number of hydrogen-bond donors (Lipinski definition) is 1. The molecule has 1 N–H and O–H groups in total. The van der Waals surface area contributed by atoms with E-state index < -0.39 is 0 Å². The molecule has 0 radical (unpaired) electrons. The van der Waals surface area contributed by atoms with Gasteiger partial charge < -0.3 is 14.6 Å². The third kappa shape index (κ3) is 4.49. The largest absolute Gasteiger partial charge is 0.463 e. The molecule has 2 aromatic heterocycles. The highest BCUT2D eigenvalue weighted by Crippen LogP contribution is 2.24. The van der Waals surface area contributed by atoms with Crippen LogP contribution in [0.4, 0.5) is 5.69 Å². The van der Waals surface area contributed by atoms with Crippen molar-refractivity contribution in [3.8, 4) is 17.1 Å². The van der Waals surface area contributed by atoms with Crippen LogP contribution >= 0.6 is 11.8 Å². The molecule has 1 aliphatic rings. The zero-order valence-electron chi connectivity index (χ0n) is 18.7. The minimum atomic E-state index is -0.301. The number of nitrogens with one attached hydrogen (secondary N) is 1. The molecular formula is C26H24N4O3S. The Morgan fingerprint density at radius 3 is 2.50 bits per heavy atom. The van der Waals surface area contributed by atoms with E-state index in [9.17, 15) is 9.59 Å². The van der Waals surface area contributed by atoms with Crippen molar-refractivity contribution in [2.75, 3.05) is 29.9 Å². The van der Waals surface area contributed by atoms with Crippen molar-refractivity contribution in [2.24, 2.45) is 0 Å². The van der Waals surface area contributed by atoms with Gasteiger partial charge in [-0.25, -0.2) is 4.68 Å². The van der Waals surface area contributed by atoms with Gasteiger partial charge in [-0.2, -0.15) is 16.9 Å². The highest BCUT2D eigenvalue weighted by molar-refractivity contribution is 7.99. The van der Waals surface area contributed by atoms with Crippen LogP contribution in [0.3, 0.4) is 0 Å². The molecule has 8 heteroatoms. The summed E-state index contributed by atoms with van der Waals surface area (Å²) in [5.41, 5.74) is 3.82. The van der Waals surface area contributed by atoms with Crippen LogP contribution in [0.2, 0.25) is 0 Å². The Labute approximate surface area is 201 Å². The average molecular weight is 473 g/mol. The predicted octanol–water partition coefficient (Wildman–Crippen LogP) is 4.88. The van der Waals surface area contributed by atoms with Gasteiger partial charge in [0.1, 0.15) is 11.4 Å². The van der Waals surface area contributed by atoms with Crippen LogP contribution in [0.15, 0.2) is 77.4 Å². The summed E-state index contributed by atoms with van der Waals surface area (Å²) < 4.78 is 7.09. The molecule has 2 aromatic carbocycles. The van der Waals surface area contributed by atoms with Crippen molar-refractivity contribution in [1.82, 2.24) is 14.7 Å². The highest BCUT2D eigenvalue weighted by atomic mass is 32.2. The molecule has 1 fully saturated rings. The van der Waals surface area contributed by atoms with Crippen molar-refractivity contribution in [3.05, 3.63) is 89.8 Å². The summed E-state index contributed by atoms with van der Waals surface area (Å²) in [5.74, 6) is 2.25. The van der Waals surface area contributed by atoms with Crippen LogP contribution in [-0.2, 0) is 0 Å². The fourth-order valence-electron chi connectivity index (χ4n) is 3.93. The van der Waals surface area contributed by atoms with Gasteiger partial charge >= 0.3 is 0 Å². The van der Waals surface area contributed by atoms with Gasteiger partial charge in [-0.15, -0.1) is 0 Å². The van der Waals surface area contributed by atoms with Crippen LogP contribution in [0, 0.1) is 6.92 Å². The molecule has 0 spiro atoms. The summed E-state index contributed by atoms with van der Waals surface area (Å²) in [7, 11) is 0. The van der Waals surface area contributed by atoms with Crippen LogP contribution in [0.5, 0.6) is 0 Å². The molecule has 2 amide bonds. The smallest absolute Gasteiger partial charge is 0.274 e. The number of amides is 2. The Balaban J connectivity index is 1.41. The van der Waals surface area contributed by atoms with Gasteiger partial charge in [0.15, 0.2) is 5.76 Å². The van der Waals surface area contributed by atoms with Gasteiger partial charge in [-0.05, 0) is 55.0 Å². The monoisotopic (exact) mass is 472 g/mol. The fourth-order valence-corrected chi connectivity index (χ4v) is 4.83. The Hall–Kier alpha value is -3.78. The van der Waals surface area contributed by atoms with Crippen LogP contribution in [0.1, 0.15) is 26.4 Å². The van der Waals surface area contributed by atoms with Gasteiger partial charge in [0.05, 0.1) is 12.0 Å². The molecule has 0 saturated carbocycles. The predicted molar refractivity (Wildman–Crippen MR) is 134 cm³/mol. The molecule has 0 atom stereocenters. The van der Waals surface area contributed by atoms with Crippen molar-refractivity contribution in [3.63, 3.8) is 0 Å². The van der Waals surface area contributed by atoms with Gasteiger partial charge in [-0.1, -0.05) is 18.2 Å². The lowest BCUT2D eigenvalue weighted by molar-refractivity contribution is 0.0772. The Kier molecular flexibility index (Phi) is 6.22. The molecule has 4 aromatic rings. The lowest BCUT2D eigenvalue weighted by atomic mass is 10.1. The van der Waals surface area contributed by atoms with Crippen molar-refractivity contribution in [1.29, 1.82) is 0 Å². The van der Waals surface area contributed by atoms with Gasteiger partial charge in [0.2, 0.25) is 0 Å². The number of furan rings is 1. The zero-order chi connectivity index (χ0) is 23.5. The van der Waals surface area contributed by atoms with E-state index in [1.807, 2.05) is 60.0 Å². The number of carbonyl (C=O) groups excluding carboxylic acids is 2. The van der Waals surface area contributed by atoms with E-state index in [0.29, 0.717) is 28.4 Å². The zero-order valence-corrected chi connectivity index (χ0v) is 19.5. The Bertz CT molecular complexity index is 1310. The molecule has 7 nitrogen and oxygen atoms in total.